The van der Waals surface area contributed by atoms with Crippen LogP contribution in [0.3, 0.4) is 0 Å². The minimum Gasteiger partial charge on any atom is -0.278 e. The van der Waals surface area contributed by atoms with Crippen LogP contribution in [0.5, 0.6) is 0 Å². The maximum Gasteiger partial charge on any atom is 0.260 e. The highest BCUT2D eigenvalue weighted by molar-refractivity contribution is 6.45. The maximum atomic E-state index is 11.7. The fraction of sp³-hybridized carbons (Fsp3) is 0.111. The first kappa shape index (κ1) is 9.06. The Balaban J connectivity index is 2.80. The van der Waals surface area contributed by atoms with Gasteiger partial charge in [-0.15, -0.1) is 0 Å². The summed E-state index contributed by atoms with van der Waals surface area (Å²) in [7, 11) is 5.22. The molecule has 0 radical (unpaired) electrons. The normalized spacial score (nSPS) is 14.8. The summed E-state index contributed by atoms with van der Waals surface area (Å²) >= 11 is 0. The van der Waals surface area contributed by atoms with Crippen molar-refractivity contribution in [2.75, 3.05) is 7.05 Å². The van der Waals surface area contributed by atoms with E-state index in [2.05, 4.69) is 0 Å². The molecule has 0 saturated heterocycles. The lowest BCUT2D eigenvalue weighted by Gasteiger charge is -2.03. The Bertz CT molecular complexity index is 415. The van der Waals surface area contributed by atoms with Crippen molar-refractivity contribution in [2.45, 2.75) is 0 Å². The van der Waals surface area contributed by atoms with Gasteiger partial charge in [-0.1, -0.05) is 23.1 Å². The highest BCUT2D eigenvalue weighted by atomic mass is 16.2. The Morgan fingerprint density at radius 1 is 1.00 bits per heavy atom. The molecule has 2 rings (SSSR count). The molecule has 1 aliphatic rings. The van der Waals surface area contributed by atoms with E-state index in [0.717, 1.165) is 10.9 Å². The van der Waals surface area contributed by atoms with Gasteiger partial charge in [-0.25, -0.2) is 0 Å². The zero-order valence-electron chi connectivity index (χ0n) is 8.42. The summed E-state index contributed by atoms with van der Waals surface area (Å²) in [4.78, 5) is 24.5. The van der Waals surface area contributed by atoms with Crippen LogP contribution in [0.4, 0.5) is 0 Å². The first-order chi connectivity index (χ1) is 6.54. The Kier molecular flexibility index (Phi) is 1.77. The molecule has 0 saturated carbocycles. The van der Waals surface area contributed by atoms with E-state index in [1.54, 1.807) is 0 Å². The largest absolute Gasteiger partial charge is 0.278 e. The second-order valence-corrected chi connectivity index (χ2v) is 3.62. The lowest BCUT2D eigenvalue weighted by atomic mass is 9.81. The third kappa shape index (κ3) is 0.953. The number of fused-ring (bicyclic) bond motifs is 1. The van der Waals surface area contributed by atoms with Gasteiger partial charge in [-0.05, 0) is 0 Å². The maximum absolute atomic E-state index is 11.7. The van der Waals surface area contributed by atoms with Crippen LogP contribution in [-0.2, 0) is 0 Å². The molecule has 1 aromatic carbocycles. The van der Waals surface area contributed by atoms with Crippen LogP contribution in [0.25, 0.3) is 0 Å². The minimum atomic E-state index is -0.189. The van der Waals surface area contributed by atoms with Gasteiger partial charge in [0.1, 0.15) is 15.7 Å². The molecule has 0 bridgehead atoms. The number of carbonyl (C=O) groups is 2. The summed E-state index contributed by atoms with van der Waals surface area (Å²) in [6.07, 6.45) is 0. The number of hydrogen-bond acceptors (Lipinski definition) is 2. The molecule has 1 aliphatic heterocycles. The monoisotopic (exact) mass is 185 g/mol. The van der Waals surface area contributed by atoms with Crippen molar-refractivity contribution in [3.8, 4) is 0 Å². The fourth-order valence-corrected chi connectivity index (χ4v) is 1.79. The molecule has 0 atom stereocenters. The van der Waals surface area contributed by atoms with E-state index in [1.807, 2.05) is 27.8 Å². The van der Waals surface area contributed by atoms with Gasteiger partial charge in [0.15, 0.2) is 0 Å². The molecule has 2 amide bonds. The van der Waals surface area contributed by atoms with Crippen LogP contribution in [0.1, 0.15) is 20.7 Å². The lowest BCUT2D eigenvalue weighted by Crippen LogP contribution is -2.26. The summed E-state index contributed by atoms with van der Waals surface area (Å²) in [6, 6.07) is 3.75. The molecule has 1 aromatic rings. The first-order valence-electron chi connectivity index (χ1n) is 4.46. The number of amides is 2. The van der Waals surface area contributed by atoms with Gasteiger partial charge in [-0.2, -0.15) is 0 Å². The van der Waals surface area contributed by atoms with E-state index in [-0.39, 0.29) is 11.8 Å². The van der Waals surface area contributed by atoms with Gasteiger partial charge in [-0.3, -0.25) is 14.5 Å². The van der Waals surface area contributed by atoms with Gasteiger partial charge >= 0.3 is 0 Å². The molecule has 0 aromatic heterocycles. The third-order valence-corrected chi connectivity index (χ3v) is 2.66. The molecule has 5 heteroatoms. The number of imide groups is 1. The summed E-state index contributed by atoms with van der Waals surface area (Å²) in [6.45, 7) is 0. The number of hydrogen-bond donors (Lipinski definition) is 0. The highest BCUT2D eigenvalue weighted by Crippen LogP contribution is 2.16. The SMILES string of the molecule is Bc1ccc(B)c2c1C(=O)N(C)C2=O. The van der Waals surface area contributed by atoms with Gasteiger partial charge in [0.2, 0.25) is 0 Å². The van der Waals surface area contributed by atoms with Crippen molar-refractivity contribution >= 4 is 38.4 Å². The first-order valence-corrected chi connectivity index (χ1v) is 4.46. The van der Waals surface area contributed by atoms with Crippen LogP contribution in [0.15, 0.2) is 12.1 Å². The minimum absolute atomic E-state index is 0.189. The summed E-state index contributed by atoms with van der Waals surface area (Å²) in [5.74, 6) is -0.377. The second-order valence-electron chi connectivity index (χ2n) is 3.62. The zero-order chi connectivity index (χ0) is 10.5. The van der Waals surface area contributed by atoms with E-state index >= 15 is 0 Å². The van der Waals surface area contributed by atoms with Crippen molar-refractivity contribution in [1.29, 1.82) is 0 Å². The van der Waals surface area contributed by atoms with Crippen LogP contribution in [0.2, 0.25) is 0 Å². The Labute approximate surface area is 83.9 Å². The van der Waals surface area contributed by atoms with Crippen molar-refractivity contribution in [1.82, 2.24) is 4.90 Å². The van der Waals surface area contributed by atoms with Crippen LogP contribution < -0.4 is 10.9 Å². The smallest absolute Gasteiger partial charge is 0.260 e. The molecule has 14 heavy (non-hydrogen) atoms. The summed E-state index contributed by atoms with van der Waals surface area (Å²) in [5, 5.41) is 0. The van der Waals surface area contributed by atoms with E-state index in [4.69, 9.17) is 0 Å². The van der Waals surface area contributed by atoms with Gasteiger partial charge in [0, 0.05) is 18.2 Å². The van der Waals surface area contributed by atoms with Gasteiger partial charge in [0.05, 0.1) is 0 Å². The van der Waals surface area contributed by atoms with Crippen LogP contribution in [-0.4, -0.2) is 39.5 Å². The van der Waals surface area contributed by atoms with E-state index in [0.29, 0.717) is 11.1 Å². The molecule has 0 N–H and O–H groups in total. The number of nitrogens with zero attached hydrogens (tertiary/aromatic N) is 1. The number of rotatable bonds is 0. The standard InChI is InChI=1S/C9H9B2NO2/c1-12-8(13)6-4(10)2-3-5(11)7(6)9(12)14/h2-3H,10-11H2,1H3. The number of carbonyl (C=O) groups excluding carboxylic acids is 2. The zero-order valence-corrected chi connectivity index (χ0v) is 8.42. The van der Waals surface area contributed by atoms with E-state index < -0.39 is 0 Å². The molecule has 68 valence electrons. The predicted molar refractivity (Wildman–Crippen MR) is 59.2 cm³/mol. The van der Waals surface area contributed by atoms with Gasteiger partial charge < -0.3 is 0 Å². The second kappa shape index (κ2) is 2.74. The molecule has 0 unspecified atom stereocenters. The molecule has 0 spiro atoms. The molecule has 1 heterocycles. The Morgan fingerprint density at radius 3 is 1.71 bits per heavy atom. The Morgan fingerprint density at radius 2 is 1.36 bits per heavy atom. The third-order valence-electron chi connectivity index (χ3n) is 2.66. The average molecular weight is 185 g/mol. The summed E-state index contributed by atoms with van der Waals surface area (Å²) < 4.78 is 0. The van der Waals surface area contributed by atoms with E-state index in [1.165, 1.54) is 11.9 Å². The molecular weight excluding hydrogens is 176 g/mol. The predicted octanol–water partition coefficient (Wildman–Crippen LogP) is -2.57. The van der Waals surface area contributed by atoms with Crippen molar-refractivity contribution in [2.24, 2.45) is 0 Å². The molecule has 0 fully saturated rings. The molecule has 0 aliphatic carbocycles. The average Bonchev–Trinajstić information content (AvgIpc) is 2.38. The van der Waals surface area contributed by atoms with Crippen LogP contribution in [0, 0.1) is 0 Å². The Hall–Kier alpha value is -1.51. The van der Waals surface area contributed by atoms with Crippen molar-refractivity contribution in [3.05, 3.63) is 23.3 Å². The quantitative estimate of drug-likeness (QED) is 0.329. The summed E-state index contributed by atoms with van der Waals surface area (Å²) in [5.41, 5.74) is 2.87. The van der Waals surface area contributed by atoms with Crippen LogP contribution >= 0.6 is 0 Å². The topological polar surface area (TPSA) is 37.4 Å². The molecular formula is C9H9B2NO2. The van der Waals surface area contributed by atoms with E-state index in [9.17, 15) is 9.59 Å². The van der Waals surface area contributed by atoms with Crippen molar-refractivity contribution in [3.63, 3.8) is 0 Å². The molecule has 3 nitrogen and oxygen atoms in total. The van der Waals surface area contributed by atoms with Crippen molar-refractivity contribution < 1.29 is 9.59 Å². The van der Waals surface area contributed by atoms with Gasteiger partial charge in [0.25, 0.3) is 11.8 Å². The fourth-order valence-electron chi connectivity index (χ4n) is 1.79. The number of benzene rings is 1. The highest BCUT2D eigenvalue weighted by Gasteiger charge is 2.34. The lowest BCUT2D eigenvalue weighted by molar-refractivity contribution is 0.0694.